The summed E-state index contributed by atoms with van der Waals surface area (Å²) in [5, 5.41) is 9.80. The van der Waals surface area contributed by atoms with Crippen LogP contribution in [0.5, 0.6) is 0 Å². The molecule has 0 radical (unpaired) electrons. The lowest BCUT2D eigenvalue weighted by atomic mass is 10.2. The van der Waals surface area contributed by atoms with Crippen molar-refractivity contribution in [3.8, 4) is 0 Å². The molecule has 1 amide bonds. The van der Waals surface area contributed by atoms with E-state index in [0.717, 1.165) is 11.8 Å². The summed E-state index contributed by atoms with van der Waals surface area (Å²) in [5.74, 6) is -1.58. The number of amides is 1. The number of carboxylic acids is 1. The summed E-state index contributed by atoms with van der Waals surface area (Å²) in [6, 6.07) is 8.60. The van der Waals surface area contributed by atoms with Crippen LogP contribution in [0.1, 0.15) is 17.3 Å². The van der Waals surface area contributed by atoms with Crippen LogP contribution in [0.4, 0.5) is 0 Å². The maximum Gasteiger partial charge on any atom is 0.322 e. The molecule has 0 spiro atoms. The van der Waals surface area contributed by atoms with Crippen molar-refractivity contribution in [2.24, 2.45) is 0 Å². The van der Waals surface area contributed by atoms with Crippen molar-refractivity contribution in [1.82, 2.24) is 5.32 Å². The molecule has 96 valence electrons. The number of carbonyl (C=O) groups excluding carboxylic acids is 2. The minimum atomic E-state index is -1.12. The van der Waals surface area contributed by atoms with E-state index in [4.69, 9.17) is 5.11 Å². The zero-order valence-electron chi connectivity index (χ0n) is 9.75. The first-order valence-corrected chi connectivity index (χ1v) is 6.14. The van der Waals surface area contributed by atoms with Crippen molar-refractivity contribution >= 4 is 28.8 Å². The fourth-order valence-electron chi connectivity index (χ4n) is 1.16. The monoisotopic (exact) mass is 267 g/mol. The molecule has 18 heavy (non-hydrogen) atoms. The Kier molecular flexibility index (Phi) is 5.38. The number of carboxylic acid groups (broad SMARTS) is 1. The molecule has 1 rings (SSSR count). The highest BCUT2D eigenvalue weighted by Crippen LogP contribution is 2.17. The Hall–Kier alpha value is -1.82. The van der Waals surface area contributed by atoms with Crippen LogP contribution in [-0.4, -0.2) is 33.9 Å². The molecule has 0 unspecified atom stereocenters. The maximum absolute atomic E-state index is 11.8. The molecule has 0 aliphatic rings. The number of carbonyl (C=O) groups is 3. The Labute approximate surface area is 109 Å². The van der Waals surface area contributed by atoms with Crippen molar-refractivity contribution in [3.05, 3.63) is 35.9 Å². The van der Waals surface area contributed by atoms with E-state index in [1.165, 1.54) is 0 Å². The summed E-state index contributed by atoms with van der Waals surface area (Å²) in [7, 11) is 0. The summed E-state index contributed by atoms with van der Waals surface area (Å²) in [4.78, 5) is 33.5. The predicted octanol–water partition coefficient (Wildman–Crippen LogP) is 1.15. The summed E-state index contributed by atoms with van der Waals surface area (Å²) in [5.41, 5.74) is 0.514. The van der Waals surface area contributed by atoms with Crippen molar-refractivity contribution in [3.63, 3.8) is 0 Å². The van der Waals surface area contributed by atoms with Crippen LogP contribution < -0.4 is 5.32 Å². The Morgan fingerprint density at radius 2 is 1.89 bits per heavy atom. The van der Waals surface area contributed by atoms with Crippen molar-refractivity contribution < 1.29 is 19.5 Å². The molecular formula is C12H13NO4S. The first-order chi connectivity index (χ1) is 8.50. The second kappa shape index (κ2) is 6.80. The highest BCUT2D eigenvalue weighted by atomic mass is 32.2. The van der Waals surface area contributed by atoms with Gasteiger partial charge in [0.25, 0.3) is 0 Å². The molecule has 5 nitrogen and oxygen atoms in total. The lowest BCUT2D eigenvalue weighted by Gasteiger charge is -2.09. The minimum absolute atomic E-state index is 0.214. The van der Waals surface area contributed by atoms with Gasteiger partial charge in [-0.15, -0.1) is 0 Å². The van der Waals surface area contributed by atoms with Gasteiger partial charge in [0.15, 0.2) is 0 Å². The van der Waals surface area contributed by atoms with Gasteiger partial charge in [0.2, 0.25) is 11.0 Å². The molecule has 1 aromatic carbocycles. The topological polar surface area (TPSA) is 83.5 Å². The van der Waals surface area contributed by atoms with Crippen molar-refractivity contribution in [2.75, 3.05) is 6.54 Å². The van der Waals surface area contributed by atoms with Crippen LogP contribution in [0.3, 0.4) is 0 Å². The number of nitrogens with one attached hydrogen (secondary N) is 1. The van der Waals surface area contributed by atoms with E-state index >= 15 is 0 Å². The van der Waals surface area contributed by atoms with Gasteiger partial charge >= 0.3 is 5.97 Å². The Bertz CT molecular complexity index is 447. The number of hydrogen-bond acceptors (Lipinski definition) is 4. The first kappa shape index (κ1) is 14.2. The van der Waals surface area contributed by atoms with Crippen molar-refractivity contribution in [1.29, 1.82) is 0 Å². The maximum atomic E-state index is 11.8. The smallest absolute Gasteiger partial charge is 0.322 e. The van der Waals surface area contributed by atoms with Gasteiger partial charge in [0, 0.05) is 5.56 Å². The summed E-state index contributed by atoms with van der Waals surface area (Å²) < 4.78 is 0. The molecule has 0 saturated carbocycles. The average Bonchev–Trinajstić information content (AvgIpc) is 2.36. The van der Waals surface area contributed by atoms with Crippen LogP contribution in [-0.2, 0) is 9.59 Å². The molecule has 0 aliphatic carbocycles. The van der Waals surface area contributed by atoms with Gasteiger partial charge in [-0.3, -0.25) is 14.4 Å². The van der Waals surface area contributed by atoms with E-state index in [1.807, 2.05) is 0 Å². The molecule has 0 aromatic heterocycles. The van der Waals surface area contributed by atoms with Gasteiger partial charge in [0.05, 0.1) is 5.25 Å². The van der Waals surface area contributed by atoms with E-state index in [9.17, 15) is 14.4 Å². The second-order valence-corrected chi connectivity index (χ2v) is 4.84. The van der Waals surface area contributed by atoms with Crippen LogP contribution in [0, 0.1) is 0 Å². The summed E-state index contributed by atoms with van der Waals surface area (Å²) >= 11 is 0.869. The lowest BCUT2D eigenvalue weighted by molar-refractivity contribution is -0.137. The fraction of sp³-hybridized carbons (Fsp3) is 0.250. The molecule has 0 aliphatic heterocycles. The largest absolute Gasteiger partial charge is 0.480 e. The molecule has 0 saturated heterocycles. The quantitative estimate of drug-likeness (QED) is 0.836. The van der Waals surface area contributed by atoms with Gasteiger partial charge in [-0.2, -0.15) is 0 Å². The normalized spacial score (nSPS) is 11.6. The third-order valence-electron chi connectivity index (χ3n) is 2.08. The van der Waals surface area contributed by atoms with Gasteiger partial charge in [-0.05, 0) is 6.92 Å². The highest BCUT2D eigenvalue weighted by molar-refractivity contribution is 8.15. The molecule has 0 fully saturated rings. The first-order valence-electron chi connectivity index (χ1n) is 5.26. The van der Waals surface area contributed by atoms with E-state index in [2.05, 4.69) is 5.32 Å². The van der Waals surface area contributed by atoms with E-state index in [-0.39, 0.29) is 5.12 Å². The van der Waals surface area contributed by atoms with Gasteiger partial charge in [-0.1, -0.05) is 42.1 Å². The summed E-state index contributed by atoms with van der Waals surface area (Å²) in [6.45, 7) is 1.12. The van der Waals surface area contributed by atoms with Gasteiger partial charge < -0.3 is 10.4 Å². The van der Waals surface area contributed by atoms with E-state index in [0.29, 0.717) is 5.56 Å². The lowest BCUT2D eigenvalue weighted by Crippen LogP contribution is -2.35. The molecule has 0 heterocycles. The minimum Gasteiger partial charge on any atom is -0.480 e. The van der Waals surface area contributed by atoms with Crippen molar-refractivity contribution in [2.45, 2.75) is 12.2 Å². The molecule has 1 aromatic rings. The van der Waals surface area contributed by atoms with Gasteiger partial charge in [0.1, 0.15) is 6.54 Å². The van der Waals surface area contributed by atoms with Crippen LogP contribution in [0.15, 0.2) is 30.3 Å². The van der Waals surface area contributed by atoms with E-state index in [1.54, 1.807) is 37.3 Å². The standard InChI is InChI=1S/C12H13NO4S/c1-8(11(16)13-7-10(14)15)18-12(17)9-5-3-2-4-6-9/h2-6,8H,7H2,1H3,(H,13,16)(H,14,15)/t8-/m0/s1. The molecule has 2 N–H and O–H groups in total. The molecule has 0 bridgehead atoms. The Morgan fingerprint density at radius 1 is 1.28 bits per heavy atom. The van der Waals surface area contributed by atoms with Crippen LogP contribution in [0.2, 0.25) is 0 Å². The van der Waals surface area contributed by atoms with E-state index < -0.39 is 23.7 Å². The Morgan fingerprint density at radius 3 is 2.44 bits per heavy atom. The summed E-state index contributed by atoms with van der Waals surface area (Å²) in [6.07, 6.45) is 0. The van der Waals surface area contributed by atoms with Crippen LogP contribution in [0.25, 0.3) is 0 Å². The molecule has 1 atom stereocenters. The third kappa shape index (κ3) is 4.58. The number of benzene rings is 1. The fourth-order valence-corrected chi connectivity index (χ4v) is 1.95. The molecule has 6 heteroatoms. The number of rotatable bonds is 5. The average molecular weight is 267 g/mol. The predicted molar refractivity (Wildman–Crippen MR) is 68.5 cm³/mol. The zero-order chi connectivity index (χ0) is 13.5. The zero-order valence-corrected chi connectivity index (χ0v) is 10.6. The highest BCUT2D eigenvalue weighted by Gasteiger charge is 2.18. The second-order valence-electron chi connectivity index (χ2n) is 3.53. The Balaban J connectivity index is 2.49. The van der Waals surface area contributed by atoms with Gasteiger partial charge in [-0.25, -0.2) is 0 Å². The number of thioether (sulfide) groups is 1. The number of aliphatic carboxylic acids is 1. The molecular weight excluding hydrogens is 254 g/mol. The van der Waals surface area contributed by atoms with Crippen LogP contribution >= 0.6 is 11.8 Å². The number of hydrogen-bond donors (Lipinski definition) is 2. The third-order valence-corrected chi connectivity index (χ3v) is 3.09. The SMILES string of the molecule is C[C@H](SC(=O)c1ccccc1)C(=O)NCC(=O)O.